The maximum Gasteiger partial charge on any atom is 0.124 e. The zero-order valence-corrected chi connectivity index (χ0v) is 17.3. The second-order valence-electron chi connectivity index (χ2n) is 8.07. The Labute approximate surface area is 185 Å². The second kappa shape index (κ2) is 7.14. The van der Waals surface area contributed by atoms with Gasteiger partial charge in [-0.15, -0.1) is 0 Å². The fourth-order valence-corrected chi connectivity index (χ4v) is 4.82. The van der Waals surface area contributed by atoms with E-state index in [4.69, 9.17) is 0 Å². The molecule has 0 unspecified atom stereocenters. The molecule has 0 bridgehead atoms. The van der Waals surface area contributed by atoms with E-state index in [2.05, 4.69) is 36.4 Å². The molecule has 0 aliphatic rings. The van der Waals surface area contributed by atoms with Crippen LogP contribution in [0.5, 0.6) is 11.5 Å². The lowest BCUT2D eigenvalue weighted by Gasteiger charge is -2.16. The number of fused-ring (bicyclic) bond motifs is 3. The van der Waals surface area contributed by atoms with Gasteiger partial charge in [0.15, 0.2) is 0 Å². The maximum absolute atomic E-state index is 10.9. The Bertz CT molecular complexity index is 1520. The van der Waals surface area contributed by atoms with E-state index in [0.29, 0.717) is 0 Å². The van der Waals surface area contributed by atoms with Gasteiger partial charge in [-0.05, 0) is 55.6 Å². The molecule has 0 saturated carbocycles. The van der Waals surface area contributed by atoms with Crippen molar-refractivity contribution in [3.05, 3.63) is 109 Å². The van der Waals surface area contributed by atoms with Crippen molar-refractivity contribution in [1.29, 1.82) is 0 Å². The van der Waals surface area contributed by atoms with Crippen molar-refractivity contribution in [2.24, 2.45) is 0 Å². The minimum atomic E-state index is 0.259. The van der Waals surface area contributed by atoms with Crippen LogP contribution in [0, 0.1) is 0 Å². The van der Waals surface area contributed by atoms with Gasteiger partial charge in [0.05, 0.1) is 0 Å². The topological polar surface area (TPSA) is 40.5 Å². The molecule has 6 aromatic carbocycles. The van der Waals surface area contributed by atoms with Crippen LogP contribution in [-0.2, 0) is 0 Å². The molecule has 2 heteroatoms. The molecule has 0 atom stereocenters. The van der Waals surface area contributed by atoms with Crippen LogP contribution in [-0.4, -0.2) is 10.2 Å². The zero-order chi connectivity index (χ0) is 21.7. The van der Waals surface area contributed by atoms with Crippen molar-refractivity contribution < 1.29 is 10.2 Å². The molecule has 0 aromatic heterocycles. The highest BCUT2D eigenvalue weighted by molar-refractivity contribution is 6.14. The summed E-state index contributed by atoms with van der Waals surface area (Å²) in [5.41, 5.74) is 3.60. The number of rotatable bonds is 2. The van der Waals surface area contributed by atoms with Crippen LogP contribution >= 0.6 is 0 Å². The van der Waals surface area contributed by atoms with Crippen LogP contribution in [0.4, 0.5) is 0 Å². The second-order valence-corrected chi connectivity index (χ2v) is 8.07. The van der Waals surface area contributed by atoms with E-state index in [-0.39, 0.29) is 11.5 Å². The molecule has 32 heavy (non-hydrogen) atoms. The van der Waals surface area contributed by atoms with Crippen molar-refractivity contribution in [2.75, 3.05) is 0 Å². The molecule has 0 aliphatic heterocycles. The highest BCUT2D eigenvalue weighted by Gasteiger charge is 2.17. The summed E-state index contributed by atoms with van der Waals surface area (Å²) in [4.78, 5) is 0. The molecule has 152 valence electrons. The van der Waals surface area contributed by atoms with E-state index in [0.717, 1.165) is 54.6 Å². The van der Waals surface area contributed by atoms with Crippen LogP contribution < -0.4 is 0 Å². The van der Waals surface area contributed by atoms with Crippen LogP contribution in [0.2, 0.25) is 0 Å². The predicted molar refractivity (Wildman–Crippen MR) is 133 cm³/mol. The van der Waals surface area contributed by atoms with Crippen molar-refractivity contribution in [1.82, 2.24) is 0 Å². The van der Waals surface area contributed by atoms with E-state index in [9.17, 15) is 10.2 Å². The molecule has 0 aliphatic carbocycles. The zero-order valence-electron chi connectivity index (χ0n) is 17.3. The summed E-state index contributed by atoms with van der Waals surface area (Å²) >= 11 is 0. The first-order valence-corrected chi connectivity index (χ1v) is 10.7. The number of phenolic OH excluding ortho intramolecular Hbond substituents is 2. The quantitative estimate of drug-likeness (QED) is 0.303. The van der Waals surface area contributed by atoms with Crippen LogP contribution in [0.25, 0.3) is 54.6 Å². The summed E-state index contributed by atoms with van der Waals surface area (Å²) in [7, 11) is 0. The SMILES string of the molecule is Oc1ccc2ccccc2c1-c1ccc(-c2c(O)ccc3ccccc23)c2ccccc12. The highest BCUT2D eigenvalue weighted by atomic mass is 16.3. The average molecular weight is 412 g/mol. The van der Waals surface area contributed by atoms with E-state index in [1.54, 1.807) is 12.1 Å². The van der Waals surface area contributed by atoms with Gasteiger partial charge in [-0.1, -0.05) is 97.1 Å². The summed E-state index contributed by atoms with van der Waals surface area (Å²) in [6.45, 7) is 0. The number of hydrogen-bond donors (Lipinski definition) is 2. The predicted octanol–water partition coefficient (Wildman–Crippen LogP) is 7.89. The third-order valence-electron chi connectivity index (χ3n) is 6.28. The number of aromatic hydroxyl groups is 2. The lowest BCUT2D eigenvalue weighted by molar-refractivity contribution is 0.477. The summed E-state index contributed by atoms with van der Waals surface area (Å²) < 4.78 is 0. The van der Waals surface area contributed by atoms with Gasteiger partial charge >= 0.3 is 0 Å². The Morgan fingerprint density at radius 1 is 0.344 bits per heavy atom. The molecule has 6 rings (SSSR count). The number of benzene rings is 6. The van der Waals surface area contributed by atoms with E-state index in [1.165, 1.54) is 0 Å². The fraction of sp³-hybridized carbons (Fsp3) is 0. The van der Waals surface area contributed by atoms with E-state index >= 15 is 0 Å². The molecule has 0 radical (unpaired) electrons. The molecule has 0 fully saturated rings. The molecular weight excluding hydrogens is 392 g/mol. The van der Waals surface area contributed by atoms with Gasteiger partial charge in [-0.2, -0.15) is 0 Å². The third-order valence-corrected chi connectivity index (χ3v) is 6.28. The lowest BCUT2D eigenvalue weighted by Crippen LogP contribution is -1.89. The summed E-state index contributed by atoms with van der Waals surface area (Å²) in [6, 6.07) is 35.9. The first kappa shape index (κ1) is 18.5. The molecule has 2 nitrogen and oxygen atoms in total. The van der Waals surface area contributed by atoms with Gasteiger partial charge in [-0.3, -0.25) is 0 Å². The molecule has 0 heterocycles. The van der Waals surface area contributed by atoms with Crippen molar-refractivity contribution in [2.45, 2.75) is 0 Å². The number of phenols is 2. The van der Waals surface area contributed by atoms with Crippen LogP contribution in [0.1, 0.15) is 0 Å². The van der Waals surface area contributed by atoms with Gasteiger partial charge in [-0.25, -0.2) is 0 Å². The van der Waals surface area contributed by atoms with Gasteiger partial charge in [0.2, 0.25) is 0 Å². The van der Waals surface area contributed by atoms with Gasteiger partial charge in [0, 0.05) is 11.1 Å². The minimum absolute atomic E-state index is 0.259. The summed E-state index contributed by atoms with van der Waals surface area (Å²) in [5, 5.41) is 28.0. The van der Waals surface area contributed by atoms with E-state index < -0.39 is 0 Å². The molecular formula is C30H20O2. The van der Waals surface area contributed by atoms with Gasteiger partial charge < -0.3 is 10.2 Å². The van der Waals surface area contributed by atoms with Gasteiger partial charge in [0.25, 0.3) is 0 Å². The van der Waals surface area contributed by atoms with E-state index in [1.807, 2.05) is 60.7 Å². The first-order chi connectivity index (χ1) is 15.7. The smallest absolute Gasteiger partial charge is 0.124 e. The Hall–Kier alpha value is -4.30. The lowest BCUT2D eigenvalue weighted by atomic mass is 9.88. The van der Waals surface area contributed by atoms with Crippen molar-refractivity contribution >= 4 is 32.3 Å². The summed E-state index contributed by atoms with van der Waals surface area (Å²) in [6.07, 6.45) is 0. The standard InChI is InChI=1S/C30H20O2/c31-27-17-13-19-7-1-3-9-21(19)29(27)25-15-16-26(24-12-6-5-11-23(24)25)30-22-10-4-2-8-20(22)14-18-28(30)32/h1-18,31-32H. The highest BCUT2D eigenvalue weighted by Crippen LogP contribution is 2.45. The molecule has 2 N–H and O–H groups in total. The normalized spacial score (nSPS) is 11.4. The Morgan fingerprint density at radius 3 is 1.16 bits per heavy atom. The van der Waals surface area contributed by atoms with Crippen molar-refractivity contribution in [3.8, 4) is 33.8 Å². The molecule has 6 aromatic rings. The number of hydrogen-bond acceptors (Lipinski definition) is 2. The fourth-order valence-electron chi connectivity index (χ4n) is 4.82. The Morgan fingerprint density at radius 2 is 0.719 bits per heavy atom. The van der Waals surface area contributed by atoms with Crippen LogP contribution in [0.15, 0.2) is 109 Å². The van der Waals surface area contributed by atoms with Gasteiger partial charge in [0.1, 0.15) is 11.5 Å². The third kappa shape index (κ3) is 2.74. The first-order valence-electron chi connectivity index (χ1n) is 10.7. The minimum Gasteiger partial charge on any atom is -0.507 e. The Kier molecular flexibility index (Phi) is 4.12. The monoisotopic (exact) mass is 412 g/mol. The van der Waals surface area contributed by atoms with Crippen molar-refractivity contribution in [3.63, 3.8) is 0 Å². The molecule has 0 saturated heterocycles. The Balaban J connectivity index is 1.71. The molecule has 0 amide bonds. The average Bonchev–Trinajstić information content (AvgIpc) is 2.84. The maximum atomic E-state index is 10.9. The molecule has 0 spiro atoms. The van der Waals surface area contributed by atoms with Crippen LogP contribution in [0.3, 0.4) is 0 Å². The summed E-state index contributed by atoms with van der Waals surface area (Å²) in [5.74, 6) is 0.518. The largest absolute Gasteiger partial charge is 0.507 e.